The van der Waals surface area contributed by atoms with Crippen molar-refractivity contribution in [2.45, 2.75) is 0 Å². The van der Waals surface area contributed by atoms with Crippen LogP contribution in [0.15, 0.2) is 54.0 Å². The number of aromatic amines is 1. The SMILES string of the molecule is O=C(Nc1ccc(-n2cncn2)nc1)c1cccc(=O)[nH]1. The van der Waals surface area contributed by atoms with E-state index < -0.39 is 5.91 Å². The molecule has 0 fully saturated rings. The maximum absolute atomic E-state index is 11.9. The summed E-state index contributed by atoms with van der Waals surface area (Å²) in [6, 6.07) is 7.75. The lowest BCUT2D eigenvalue weighted by Gasteiger charge is -2.05. The zero-order valence-corrected chi connectivity index (χ0v) is 10.7. The van der Waals surface area contributed by atoms with Crippen LogP contribution in [0.3, 0.4) is 0 Å². The van der Waals surface area contributed by atoms with Crippen LogP contribution >= 0.6 is 0 Å². The first-order chi connectivity index (χ1) is 10.2. The molecule has 0 unspecified atom stereocenters. The van der Waals surface area contributed by atoms with Crippen molar-refractivity contribution in [1.82, 2.24) is 24.7 Å². The molecule has 0 atom stereocenters. The number of nitrogens with zero attached hydrogens (tertiary/aromatic N) is 4. The Labute approximate surface area is 118 Å². The molecule has 3 aromatic rings. The van der Waals surface area contributed by atoms with Gasteiger partial charge in [0.05, 0.1) is 11.9 Å². The number of amides is 1. The van der Waals surface area contributed by atoms with E-state index in [1.807, 2.05) is 0 Å². The van der Waals surface area contributed by atoms with Gasteiger partial charge in [0.15, 0.2) is 5.82 Å². The average molecular weight is 282 g/mol. The van der Waals surface area contributed by atoms with Gasteiger partial charge >= 0.3 is 0 Å². The van der Waals surface area contributed by atoms with Crippen LogP contribution < -0.4 is 10.9 Å². The lowest BCUT2D eigenvalue weighted by molar-refractivity contribution is 0.102. The highest BCUT2D eigenvalue weighted by molar-refractivity contribution is 6.02. The van der Waals surface area contributed by atoms with Crippen molar-refractivity contribution in [2.24, 2.45) is 0 Å². The average Bonchev–Trinajstić information content (AvgIpc) is 3.02. The van der Waals surface area contributed by atoms with E-state index in [1.54, 1.807) is 12.1 Å². The van der Waals surface area contributed by atoms with Crippen molar-refractivity contribution in [3.8, 4) is 5.82 Å². The molecule has 0 aliphatic rings. The zero-order chi connectivity index (χ0) is 14.7. The Morgan fingerprint density at radius 1 is 1.24 bits per heavy atom. The van der Waals surface area contributed by atoms with E-state index in [4.69, 9.17) is 0 Å². The second kappa shape index (κ2) is 5.37. The van der Waals surface area contributed by atoms with Crippen LogP contribution in [0.5, 0.6) is 0 Å². The lowest BCUT2D eigenvalue weighted by atomic mass is 10.3. The molecule has 1 amide bonds. The molecule has 3 heterocycles. The number of pyridine rings is 2. The van der Waals surface area contributed by atoms with Gasteiger partial charge in [-0.3, -0.25) is 9.59 Å². The number of nitrogens with one attached hydrogen (secondary N) is 2. The first-order valence-corrected chi connectivity index (χ1v) is 6.04. The second-order valence-corrected chi connectivity index (χ2v) is 4.13. The summed E-state index contributed by atoms with van der Waals surface area (Å²) >= 11 is 0. The molecule has 0 radical (unpaired) electrons. The molecule has 3 aromatic heterocycles. The summed E-state index contributed by atoms with van der Waals surface area (Å²) in [7, 11) is 0. The highest BCUT2D eigenvalue weighted by Crippen LogP contribution is 2.09. The van der Waals surface area contributed by atoms with Gasteiger partial charge in [-0.15, -0.1) is 0 Å². The molecule has 2 N–H and O–H groups in total. The third-order valence-electron chi connectivity index (χ3n) is 2.67. The van der Waals surface area contributed by atoms with Gasteiger partial charge in [0.1, 0.15) is 18.3 Å². The molecular formula is C13H10N6O2. The molecular weight excluding hydrogens is 272 g/mol. The fourth-order valence-corrected chi connectivity index (χ4v) is 1.70. The number of carbonyl (C=O) groups is 1. The Morgan fingerprint density at radius 3 is 2.81 bits per heavy atom. The summed E-state index contributed by atoms with van der Waals surface area (Å²) in [6.45, 7) is 0. The minimum Gasteiger partial charge on any atom is -0.319 e. The van der Waals surface area contributed by atoms with Gasteiger partial charge < -0.3 is 10.3 Å². The first-order valence-electron chi connectivity index (χ1n) is 6.04. The third kappa shape index (κ3) is 2.84. The third-order valence-corrected chi connectivity index (χ3v) is 2.67. The fourth-order valence-electron chi connectivity index (χ4n) is 1.70. The standard InChI is InChI=1S/C13H10N6O2/c20-12-3-1-2-10(18-12)13(21)17-9-4-5-11(15-6-9)19-8-14-7-16-19/h1-8H,(H,17,21)(H,18,20). The number of H-pyrrole nitrogens is 1. The Hall–Kier alpha value is -3.29. The number of anilines is 1. The lowest BCUT2D eigenvalue weighted by Crippen LogP contribution is -2.18. The second-order valence-electron chi connectivity index (χ2n) is 4.13. The summed E-state index contributed by atoms with van der Waals surface area (Å²) in [5.41, 5.74) is 0.360. The molecule has 0 spiro atoms. The van der Waals surface area contributed by atoms with E-state index in [2.05, 4.69) is 25.4 Å². The van der Waals surface area contributed by atoms with Gasteiger partial charge in [-0.05, 0) is 18.2 Å². The molecule has 0 saturated heterocycles. The van der Waals surface area contributed by atoms with Crippen LogP contribution in [0.4, 0.5) is 5.69 Å². The Morgan fingerprint density at radius 2 is 2.14 bits per heavy atom. The predicted octanol–water partition coefficient (Wildman–Crippen LogP) is 0.603. The van der Waals surface area contributed by atoms with Gasteiger partial charge in [-0.2, -0.15) is 5.10 Å². The van der Waals surface area contributed by atoms with Crippen LogP contribution in [0.1, 0.15) is 10.5 Å². The van der Waals surface area contributed by atoms with Crippen molar-refractivity contribution < 1.29 is 4.79 Å². The molecule has 0 saturated carbocycles. The summed E-state index contributed by atoms with van der Waals surface area (Å²) in [5, 5.41) is 6.59. The smallest absolute Gasteiger partial charge is 0.272 e. The first kappa shape index (κ1) is 12.7. The minimum atomic E-state index is -0.414. The molecule has 8 heteroatoms. The number of hydrogen-bond acceptors (Lipinski definition) is 5. The summed E-state index contributed by atoms with van der Waals surface area (Å²) in [4.78, 5) is 33.5. The van der Waals surface area contributed by atoms with Crippen molar-refractivity contribution >= 4 is 11.6 Å². The molecule has 21 heavy (non-hydrogen) atoms. The maximum Gasteiger partial charge on any atom is 0.272 e. The highest BCUT2D eigenvalue weighted by Gasteiger charge is 2.07. The van der Waals surface area contributed by atoms with Crippen molar-refractivity contribution in [2.75, 3.05) is 5.32 Å². The molecule has 104 valence electrons. The van der Waals surface area contributed by atoms with E-state index >= 15 is 0 Å². The normalized spacial score (nSPS) is 10.3. The molecule has 0 aromatic carbocycles. The highest BCUT2D eigenvalue weighted by atomic mass is 16.2. The van der Waals surface area contributed by atoms with Gasteiger partial charge in [-0.1, -0.05) is 6.07 Å². The van der Waals surface area contributed by atoms with Crippen LogP contribution in [0.25, 0.3) is 5.82 Å². The van der Waals surface area contributed by atoms with Gasteiger partial charge in [0.2, 0.25) is 5.56 Å². The van der Waals surface area contributed by atoms with E-state index in [0.29, 0.717) is 11.5 Å². The molecule has 8 nitrogen and oxygen atoms in total. The molecule has 0 aliphatic carbocycles. The Kier molecular flexibility index (Phi) is 3.26. The van der Waals surface area contributed by atoms with Crippen molar-refractivity contribution in [3.05, 3.63) is 65.2 Å². The van der Waals surface area contributed by atoms with Crippen molar-refractivity contribution in [3.63, 3.8) is 0 Å². The van der Waals surface area contributed by atoms with E-state index in [-0.39, 0.29) is 11.3 Å². The number of aromatic nitrogens is 5. The van der Waals surface area contributed by atoms with Crippen LogP contribution in [-0.2, 0) is 0 Å². The minimum absolute atomic E-state index is 0.183. The van der Waals surface area contributed by atoms with E-state index in [1.165, 1.54) is 41.7 Å². The van der Waals surface area contributed by atoms with E-state index in [9.17, 15) is 9.59 Å². The quantitative estimate of drug-likeness (QED) is 0.732. The van der Waals surface area contributed by atoms with Crippen molar-refractivity contribution in [1.29, 1.82) is 0 Å². The van der Waals surface area contributed by atoms with Gasteiger partial charge in [-0.25, -0.2) is 14.6 Å². The van der Waals surface area contributed by atoms with Gasteiger partial charge in [0.25, 0.3) is 5.91 Å². The molecule has 0 aliphatic heterocycles. The van der Waals surface area contributed by atoms with Crippen LogP contribution in [0, 0.1) is 0 Å². The summed E-state index contributed by atoms with van der Waals surface area (Å²) < 4.78 is 1.50. The van der Waals surface area contributed by atoms with E-state index in [0.717, 1.165) is 0 Å². The number of hydrogen-bond donors (Lipinski definition) is 2. The van der Waals surface area contributed by atoms with Crippen LogP contribution in [-0.4, -0.2) is 30.6 Å². The monoisotopic (exact) mass is 282 g/mol. The number of rotatable bonds is 3. The zero-order valence-electron chi connectivity index (χ0n) is 10.7. The maximum atomic E-state index is 11.9. The molecule has 3 rings (SSSR count). The Bertz CT molecular complexity index is 807. The number of carbonyl (C=O) groups excluding carboxylic acids is 1. The van der Waals surface area contributed by atoms with Gasteiger partial charge in [0, 0.05) is 6.07 Å². The Balaban J connectivity index is 1.76. The summed E-state index contributed by atoms with van der Waals surface area (Å²) in [5.74, 6) is 0.168. The largest absolute Gasteiger partial charge is 0.319 e. The topological polar surface area (TPSA) is 106 Å². The molecule has 0 bridgehead atoms. The fraction of sp³-hybridized carbons (Fsp3) is 0. The van der Waals surface area contributed by atoms with Crippen LogP contribution in [0.2, 0.25) is 0 Å². The summed E-state index contributed by atoms with van der Waals surface area (Å²) in [6.07, 6.45) is 4.42. The predicted molar refractivity (Wildman–Crippen MR) is 74.2 cm³/mol.